The van der Waals surface area contributed by atoms with Crippen molar-refractivity contribution >= 4 is 23.6 Å². The Bertz CT molecular complexity index is 691. The van der Waals surface area contributed by atoms with E-state index in [1.807, 2.05) is 20.8 Å². The van der Waals surface area contributed by atoms with Crippen LogP contribution in [0.3, 0.4) is 0 Å². The van der Waals surface area contributed by atoms with Gasteiger partial charge in [0.2, 0.25) is 23.6 Å². The molecule has 202 valence electrons. The number of unbranched alkanes of at least 4 members (excludes halogenated alkanes) is 1. The molecule has 0 bridgehead atoms. The summed E-state index contributed by atoms with van der Waals surface area (Å²) in [6.07, 6.45) is 5.81. The molecule has 0 saturated carbocycles. The molecular weight excluding hydrogens is 452 g/mol. The summed E-state index contributed by atoms with van der Waals surface area (Å²) in [5, 5.41) is 20.6. The molecule has 11 nitrogen and oxygen atoms in total. The van der Waals surface area contributed by atoms with Gasteiger partial charge in [0.15, 0.2) is 0 Å². The topological polar surface area (TPSA) is 189 Å². The van der Waals surface area contributed by atoms with E-state index in [0.717, 1.165) is 25.7 Å². The van der Waals surface area contributed by atoms with Crippen LogP contribution in [-0.4, -0.2) is 72.1 Å². The number of amides is 4. The number of carbonyl (C=O) groups is 4. The van der Waals surface area contributed by atoms with Gasteiger partial charge >= 0.3 is 0 Å². The van der Waals surface area contributed by atoms with Crippen LogP contribution < -0.4 is 32.7 Å². The minimum atomic E-state index is -1.24. The van der Waals surface area contributed by atoms with Crippen LogP contribution in [-0.2, 0) is 19.2 Å². The third-order valence-corrected chi connectivity index (χ3v) is 6.57. The van der Waals surface area contributed by atoms with E-state index in [4.69, 9.17) is 11.5 Å². The normalized spacial score (nSPS) is 29.1. The lowest BCUT2D eigenvalue weighted by Crippen LogP contribution is -2.59. The zero-order valence-electron chi connectivity index (χ0n) is 21.5. The molecule has 0 radical (unpaired) electrons. The molecule has 35 heavy (non-hydrogen) atoms. The molecule has 1 aliphatic rings. The Labute approximate surface area is 208 Å². The molecule has 6 unspecified atom stereocenters. The number of aliphatic hydroxyl groups is 1. The lowest BCUT2D eigenvalue weighted by Gasteiger charge is -2.28. The van der Waals surface area contributed by atoms with Crippen LogP contribution in [0, 0.1) is 5.92 Å². The molecule has 1 heterocycles. The summed E-state index contributed by atoms with van der Waals surface area (Å²) >= 11 is 0. The first-order chi connectivity index (χ1) is 16.6. The van der Waals surface area contributed by atoms with E-state index in [2.05, 4.69) is 21.3 Å². The summed E-state index contributed by atoms with van der Waals surface area (Å²) in [6.45, 7) is 5.56. The Hall–Kier alpha value is -2.24. The Morgan fingerprint density at radius 3 is 2.14 bits per heavy atom. The van der Waals surface area contributed by atoms with Crippen LogP contribution in [0.25, 0.3) is 0 Å². The van der Waals surface area contributed by atoms with E-state index in [9.17, 15) is 24.3 Å². The third kappa shape index (κ3) is 10.9. The molecule has 0 aliphatic carbocycles. The maximum atomic E-state index is 13.2. The standard InChI is InChI=1S/C24H46N6O5/c1-4-15(2)20-24(35)27-16(3)10-6-5-7-11-17(26)21(32)29-19(14-31)23(34)28-18(22(33)30-20)12-8-9-13-25/h15-20,31H,4-14,25-26H2,1-3H3,(H,27,35)(H,28,34)(H,29,32)(H,30,33). The largest absolute Gasteiger partial charge is 0.394 e. The maximum absolute atomic E-state index is 13.2. The van der Waals surface area contributed by atoms with E-state index in [1.54, 1.807) is 0 Å². The first kappa shape index (κ1) is 30.8. The Kier molecular flexibility index (Phi) is 14.5. The molecule has 1 fully saturated rings. The third-order valence-electron chi connectivity index (χ3n) is 6.57. The van der Waals surface area contributed by atoms with Gasteiger partial charge in [0.25, 0.3) is 0 Å². The molecule has 6 atom stereocenters. The highest BCUT2D eigenvalue weighted by atomic mass is 16.3. The monoisotopic (exact) mass is 498 g/mol. The van der Waals surface area contributed by atoms with Gasteiger partial charge in [-0.25, -0.2) is 0 Å². The van der Waals surface area contributed by atoms with Gasteiger partial charge in [-0.3, -0.25) is 19.2 Å². The van der Waals surface area contributed by atoms with Crippen molar-refractivity contribution in [3.05, 3.63) is 0 Å². The van der Waals surface area contributed by atoms with Crippen molar-refractivity contribution in [2.45, 2.75) is 109 Å². The highest BCUT2D eigenvalue weighted by Crippen LogP contribution is 2.12. The lowest BCUT2D eigenvalue weighted by molar-refractivity contribution is -0.135. The molecule has 1 aliphatic heterocycles. The van der Waals surface area contributed by atoms with Gasteiger partial charge in [-0.1, -0.05) is 39.5 Å². The summed E-state index contributed by atoms with van der Waals surface area (Å²) in [5.74, 6) is -2.09. The van der Waals surface area contributed by atoms with Crippen molar-refractivity contribution in [1.82, 2.24) is 21.3 Å². The SMILES string of the molecule is CCC(C)C1NC(=O)C(CCCCN)NC(=O)C(CO)NC(=O)C(N)CCCCCC(C)NC1=O. The van der Waals surface area contributed by atoms with Crippen molar-refractivity contribution in [3.8, 4) is 0 Å². The fraction of sp³-hybridized carbons (Fsp3) is 0.833. The summed E-state index contributed by atoms with van der Waals surface area (Å²) in [7, 11) is 0. The van der Waals surface area contributed by atoms with E-state index in [0.29, 0.717) is 38.6 Å². The van der Waals surface area contributed by atoms with Crippen LogP contribution in [0.2, 0.25) is 0 Å². The maximum Gasteiger partial charge on any atom is 0.245 e. The molecule has 1 rings (SSSR count). The summed E-state index contributed by atoms with van der Waals surface area (Å²) in [5.41, 5.74) is 11.5. The second kappa shape index (κ2) is 16.4. The number of aliphatic hydroxyl groups excluding tert-OH is 1. The van der Waals surface area contributed by atoms with Crippen molar-refractivity contribution < 1.29 is 24.3 Å². The second-order valence-corrected chi connectivity index (χ2v) is 9.62. The molecule has 0 spiro atoms. The molecule has 0 aromatic carbocycles. The molecular formula is C24H46N6O5. The average molecular weight is 499 g/mol. The quantitative estimate of drug-likeness (QED) is 0.228. The molecule has 0 aromatic heterocycles. The average Bonchev–Trinajstić information content (AvgIpc) is 2.83. The predicted octanol–water partition coefficient (Wildman–Crippen LogP) is -0.596. The van der Waals surface area contributed by atoms with Gasteiger partial charge < -0.3 is 37.8 Å². The highest BCUT2D eigenvalue weighted by Gasteiger charge is 2.32. The zero-order valence-corrected chi connectivity index (χ0v) is 21.5. The molecule has 0 aromatic rings. The van der Waals surface area contributed by atoms with Gasteiger partial charge in [-0.15, -0.1) is 0 Å². The molecule has 9 N–H and O–H groups in total. The number of nitrogens with two attached hydrogens (primary N) is 2. The van der Waals surface area contributed by atoms with Crippen LogP contribution >= 0.6 is 0 Å². The summed E-state index contributed by atoms with van der Waals surface area (Å²) in [4.78, 5) is 51.6. The van der Waals surface area contributed by atoms with Crippen molar-refractivity contribution in [3.63, 3.8) is 0 Å². The van der Waals surface area contributed by atoms with Gasteiger partial charge in [0, 0.05) is 6.04 Å². The molecule has 11 heteroatoms. The molecule has 4 amide bonds. The lowest BCUT2D eigenvalue weighted by atomic mass is 9.96. The van der Waals surface area contributed by atoms with E-state index in [1.165, 1.54) is 0 Å². The Morgan fingerprint density at radius 1 is 0.886 bits per heavy atom. The minimum Gasteiger partial charge on any atom is -0.394 e. The van der Waals surface area contributed by atoms with Gasteiger partial charge in [0.1, 0.15) is 18.1 Å². The number of hydrogen-bond acceptors (Lipinski definition) is 7. The Morgan fingerprint density at radius 2 is 1.51 bits per heavy atom. The summed E-state index contributed by atoms with van der Waals surface area (Å²) in [6, 6.07) is -3.84. The first-order valence-corrected chi connectivity index (χ1v) is 12.9. The van der Waals surface area contributed by atoms with E-state index < -0.39 is 48.5 Å². The smallest absolute Gasteiger partial charge is 0.245 e. The van der Waals surface area contributed by atoms with E-state index >= 15 is 0 Å². The fourth-order valence-electron chi connectivity index (χ4n) is 3.99. The number of carbonyl (C=O) groups excluding carboxylic acids is 4. The number of rotatable bonds is 7. The number of nitrogens with one attached hydrogen (secondary N) is 4. The van der Waals surface area contributed by atoms with Crippen LogP contribution in [0.4, 0.5) is 0 Å². The van der Waals surface area contributed by atoms with Crippen molar-refractivity contribution in [2.24, 2.45) is 17.4 Å². The Balaban J connectivity index is 3.17. The van der Waals surface area contributed by atoms with E-state index in [-0.39, 0.29) is 17.9 Å². The van der Waals surface area contributed by atoms with Crippen molar-refractivity contribution in [1.29, 1.82) is 0 Å². The minimum absolute atomic E-state index is 0.0767. The highest BCUT2D eigenvalue weighted by molar-refractivity contribution is 5.94. The van der Waals surface area contributed by atoms with Gasteiger partial charge in [-0.2, -0.15) is 0 Å². The van der Waals surface area contributed by atoms with Crippen LogP contribution in [0.15, 0.2) is 0 Å². The van der Waals surface area contributed by atoms with Crippen LogP contribution in [0.5, 0.6) is 0 Å². The second-order valence-electron chi connectivity index (χ2n) is 9.62. The first-order valence-electron chi connectivity index (χ1n) is 12.9. The number of hydrogen-bond donors (Lipinski definition) is 7. The summed E-state index contributed by atoms with van der Waals surface area (Å²) < 4.78 is 0. The van der Waals surface area contributed by atoms with Crippen LogP contribution in [0.1, 0.15) is 78.6 Å². The van der Waals surface area contributed by atoms with Crippen molar-refractivity contribution in [2.75, 3.05) is 13.2 Å². The van der Waals surface area contributed by atoms with Gasteiger partial charge in [-0.05, 0) is 51.5 Å². The van der Waals surface area contributed by atoms with Gasteiger partial charge in [0.05, 0.1) is 12.6 Å². The fourth-order valence-corrected chi connectivity index (χ4v) is 3.99. The predicted molar refractivity (Wildman–Crippen MR) is 134 cm³/mol. The molecule has 1 saturated heterocycles. The zero-order chi connectivity index (χ0) is 26.4.